The molecule has 88 valence electrons. The third-order valence-corrected chi connectivity index (χ3v) is 2.86. The summed E-state index contributed by atoms with van der Waals surface area (Å²) < 4.78 is 0. The van der Waals surface area contributed by atoms with Gasteiger partial charge in [-0.1, -0.05) is 0 Å². The van der Waals surface area contributed by atoms with E-state index in [1.165, 1.54) is 12.8 Å². The monoisotopic (exact) mass is 214 g/mol. The molecule has 0 radical (unpaired) electrons. The van der Waals surface area contributed by atoms with Gasteiger partial charge in [0.1, 0.15) is 0 Å². The van der Waals surface area contributed by atoms with Gasteiger partial charge in [0.25, 0.3) is 0 Å². The molecule has 0 aliphatic heterocycles. The fourth-order valence-corrected chi connectivity index (χ4v) is 1.48. The van der Waals surface area contributed by atoms with Gasteiger partial charge in [-0.2, -0.15) is 0 Å². The van der Waals surface area contributed by atoms with E-state index in [0.29, 0.717) is 25.6 Å². The Bertz CT molecular complexity index is 215. The normalized spacial score (nSPS) is 17.9. The van der Waals surface area contributed by atoms with Gasteiger partial charge < -0.3 is 10.0 Å². The van der Waals surface area contributed by atoms with E-state index in [1.807, 2.05) is 7.05 Å². The molecule has 1 aliphatic rings. The average Bonchev–Trinajstić information content (AvgIpc) is 2.96. The third-order valence-electron chi connectivity index (χ3n) is 2.86. The number of amides is 1. The smallest absolute Gasteiger partial charge is 0.236 e. The first-order valence-electron chi connectivity index (χ1n) is 5.63. The van der Waals surface area contributed by atoms with Crippen LogP contribution in [-0.4, -0.2) is 60.1 Å². The fraction of sp³-hybridized carbons (Fsp3) is 0.909. The molecular formula is C11H22N2O2. The summed E-state index contributed by atoms with van der Waals surface area (Å²) in [5.74, 6) is 0.144. The molecular weight excluding hydrogens is 192 g/mol. The van der Waals surface area contributed by atoms with Crippen molar-refractivity contribution < 1.29 is 9.90 Å². The predicted molar refractivity (Wildman–Crippen MR) is 59.6 cm³/mol. The summed E-state index contributed by atoms with van der Waals surface area (Å²) in [6.45, 7) is 2.88. The molecule has 15 heavy (non-hydrogen) atoms. The zero-order valence-electron chi connectivity index (χ0n) is 9.94. The highest BCUT2D eigenvalue weighted by atomic mass is 16.3. The zero-order chi connectivity index (χ0) is 11.4. The summed E-state index contributed by atoms with van der Waals surface area (Å²) in [7, 11) is 3.80. The lowest BCUT2D eigenvalue weighted by Gasteiger charge is -2.22. The molecule has 4 heteroatoms. The van der Waals surface area contributed by atoms with Crippen molar-refractivity contribution in [2.75, 3.05) is 27.2 Å². The van der Waals surface area contributed by atoms with E-state index in [0.717, 1.165) is 0 Å². The molecule has 1 atom stereocenters. The average molecular weight is 214 g/mol. The van der Waals surface area contributed by atoms with Gasteiger partial charge in [0.2, 0.25) is 5.91 Å². The van der Waals surface area contributed by atoms with Crippen LogP contribution >= 0.6 is 0 Å². The van der Waals surface area contributed by atoms with Crippen LogP contribution in [0.25, 0.3) is 0 Å². The van der Waals surface area contributed by atoms with Crippen molar-refractivity contribution in [3.63, 3.8) is 0 Å². The Morgan fingerprint density at radius 1 is 1.47 bits per heavy atom. The van der Waals surface area contributed by atoms with Crippen LogP contribution in [0.1, 0.15) is 26.2 Å². The number of hydrogen-bond donors (Lipinski definition) is 1. The van der Waals surface area contributed by atoms with Crippen molar-refractivity contribution in [2.45, 2.75) is 38.3 Å². The lowest BCUT2D eigenvalue weighted by molar-refractivity contribution is -0.131. The molecule has 1 rings (SSSR count). The summed E-state index contributed by atoms with van der Waals surface area (Å²) in [6, 6.07) is 0.624. The van der Waals surface area contributed by atoms with Crippen molar-refractivity contribution in [2.24, 2.45) is 0 Å². The fourth-order valence-electron chi connectivity index (χ4n) is 1.48. The molecule has 0 heterocycles. The van der Waals surface area contributed by atoms with Gasteiger partial charge in [-0.15, -0.1) is 0 Å². The number of carbonyl (C=O) groups is 1. The summed E-state index contributed by atoms with van der Waals surface area (Å²) in [4.78, 5) is 15.5. The van der Waals surface area contributed by atoms with Gasteiger partial charge in [-0.3, -0.25) is 9.69 Å². The SMILES string of the molecule is CC(O)CCN(C)C(=O)CN(C)C1CC1. The van der Waals surface area contributed by atoms with Gasteiger partial charge >= 0.3 is 0 Å². The summed E-state index contributed by atoms with van der Waals surface area (Å²) in [6.07, 6.45) is 2.76. The number of aliphatic hydroxyl groups excluding tert-OH is 1. The van der Waals surface area contributed by atoms with Crippen molar-refractivity contribution in [1.82, 2.24) is 9.80 Å². The number of hydrogen-bond acceptors (Lipinski definition) is 3. The molecule has 0 aromatic rings. The van der Waals surface area contributed by atoms with Crippen LogP contribution < -0.4 is 0 Å². The minimum absolute atomic E-state index is 0.144. The first-order valence-corrected chi connectivity index (χ1v) is 5.63. The van der Waals surface area contributed by atoms with Crippen molar-refractivity contribution in [3.8, 4) is 0 Å². The van der Waals surface area contributed by atoms with Crippen molar-refractivity contribution >= 4 is 5.91 Å². The molecule has 0 spiro atoms. The van der Waals surface area contributed by atoms with Crippen LogP contribution in [0.3, 0.4) is 0 Å². The second kappa shape index (κ2) is 5.47. The number of nitrogens with zero attached hydrogens (tertiary/aromatic N) is 2. The molecule has 1 fully saturated rings. The van der Waals surface area contributed by atoms with Crippen molar-refractivity contribution in [1.29, 1.82) is 0 Å². The van der Waals surface area contributed by atoms with Gasteiger partial charge in [-0.25, -0.2) is 0 Å². The molecule has 1 unspecified atom stereocenters. The molecule has 0 bridgehead atoms. The minimum atomic E-state index is -0.332. The van der Waals surface area contributed by atoms with Crippen molar-refractivity contribution in [3.05, 3.63) is 0 Å². The molecule has 0 saturated heterocycles. The predicted octanol–water partition coefficient (Wildman–Crippen LogP) is 0.310. The number of likely N-dealkylation sites (N-methyl/N-ethyl adjacent to an activating group) is 2. The topological polar surface area (TPSA) is 43.8 Å². The highest BCUT2D eigenvalue weighted by Gasteiger charge is 2.27. The summed E-state index contributed by atoms with van der Waals surface area (Å²) in [5.41, 5.74) is 0. The molecule has 0 aromatic heterocycles. The number of rotatable bonds is 6. The summed E-state index contributed by atoms with van der Waals surface area (Å²) >= 11 is 0. The van der Waals surface area contributed by atoms with E-state index in [4.69, 9.17) is 5.11 Å². The second-order valence-electron chi connectivity index (χ2n) is 4.60. The van der Waals surface area contributed by atoms with Gasteiger partial charge in [0.05, 0.1) is 12.6 Å². The Morgan fingerprint density at radius 3 is 2.53 bits per heavy atom. The largest absolute Gasteiger partial charge is 0.393 e. The van der Waals surface area contributed by atoms with E-state index in [1.54, 1.807) is 18.9 Å². The minimum Gasteiger partial charge on any atom is -0.393 e. The van der Waals surface area contributed by atoms with Crippen LogP contribution in [0.5, 0.6) is 0 Å². The maximum Gasteiger partial charge on any atom is 0.236 e. The Labute approximate surface area is 91.9 Å². The maximum atomic E-state index is 11.7. The standard InChI is InChI=1S/C11H22N2O2/c1-9(14)6-7-12(2)11(15)8-13(3)10-4-5-10/h9-10,14H,4-8H2,1-3H3. The van der Waals surface area contributed by atoms with E-state index in [-0.39, 0.29) is 12.0 Å². The van der Waals surface area contributed by atoms with E-state index < -0.39 is 0 Å². The van der Waals surface area contributed by atoms with E-state index in [9.17, 15) is 4.79 Å². The van der Waals surface area contributed by atoms with Gasteiger partial charge in [-0.05, 0) is 33.2 Å². The third kappa shape index (κ3) is 4.62. The number of carbonyl (C=O) groups excluding carboxylic acids is 1. The van der Waals surface area contributed by atoms with Crippen LogP contribution in [-0.2, 0) is 4.79 Å². The lowest BCUT2D eigenvalue weighted by atomic mass is 10.3. The Hall–Kier alpha value is -0.610. The molecule has 1 amide bonds. The zero-order valence-corrected chi connectivity index (χ0v) is 9.94. The first kappa shape index (κ1) is 12.5. The molecule has 1 aliphatic carbocycles. The first-order chi connectivity index (χ1) is 7.00. The summed E-state index contributed by atoms with van der Waals surface area (Å²) in [5, 5.41) is 9.11. The quantitative estimate of drug-likeness (QED) is 0.692. The Morgan fingerprint density at radius 2 is 2.07 bits per heavy atom. The second-order valence-corrected chi connectivity index (χ2v) is 4.60. The molecule has 4 nitrogen and oxygen atoms in total. The Balaban J connectivity index is 2.19. The number of aliphatic hydroxyl groups is 1. The lowest BCUT2D eigenvalue weighted by Crippen LogP contribution is -2.38. The highest BCUT2D eigenvalue weighted by molar-refractivity contribution is 5.78. The van der Waals surface area contributed by atoms with E-state index in [2.05, 4.69) is 4.90 Å². The van der Waals surface area contributed by atoms with Crippen LogP contribution in [0, 0.1) is 0 Å². The maximum absolute atomic E-state index is 11.7. The molecule has 0 aromatic carbocycles. The van der Waals surface area contributed by atoms with Gasteiger partial charge in [0, 0.05) is 19.6 Å². The van der Waals surface area contributed by atoms with Gasteiger partial charge in [0.15, 0.2) is 0 Å². The van der Waals surface area contributed by atoms with Crippen LogP contribution in [0.2, 0.25) is 0 Å². The van der Waals surface area contributed by atoms with Crippen LogP contribution in [0.4, 0.5) is 0 Å². The van der Waals surface area contributed by atoms with Crippen LogP contribution in [0.15, 0.2) is 0 Å². The molecule has 1 N–H and O–H groups in total. The molecule has 1 saturated carbocycles. The highest BCUT2D eigenvalue weighted by Crippen LogP contribution is 2.24. The Kier molecular flexibility index (Phi) is 4.54. The van der Waals surface area contributed by atoms with E-state index >= 15 is 0 Å².